The number of hydrogen-bond donors (Lipinski definition) is 0. The lowest BCUT2D eigenvalue weighted by Crippen LogP contribution is -1.85. The van der Waals surface area contributed by atoms with Crippen molar-refractivity contribution < 1.29 is 0 Å². The molecule has 0 fully saturated rings. The predicted octanol–water partition coefficient (Wildman–Crippen LogP) is 4.37. The molecule has 0 amide bonds. The predicted molar refractivity (Wildman–Crippen MR) is 66.6 cm³/mol. The molecular weight excluding hydrogens is 180 g/mol. The number of benzene rings is 1. The highest BCUT2D eigenvalue weighted by molar-refractivity contribution is 5.75. The van der Waals surface area contributed by atoms with Crippen LogP contribution in [0.5, 0.6) is 0 Å². The minimum Gasteiger partial charge on any atom is -0.0622 e. The Morgan fingerprint density at radius 2 is 1.80 bits per heavy atom. The number of rotatable bonds is 2. The highest BCUT2D eigenvalue weighted by Gasteiger charge is 2.06. The molecule has 0 heteroatoms. The van der Waals surface area contributed by atoms with Crippen molar-refractivity contribution in [1.29, 1.82) is 0 Å². The molecule has 1 aliphatic rings. The Morgan fingerprint density at radius 3 is 2.33 bits per heavy atom. The van der Waals surface area contributed by atoms with Crippen molar-refractivity contribution in [2.24, 2.45) is 0 Å². The van der Waals surface area contributed by atoms with E-state index in [-0.39, 0.29) is 0 Å². The van der Waals surface area contributed by atoms with Gasteiger partial charge in [0.25, 0.3) is 0 Å². The Bertz CT molecular complexity index is 430. The Hall–Kier alpha value is -1.56. The molecule has 0 N–H and O–H groups in total. The van der Waals surface area contributed by atoms with Gasteiger partial charge in [0.1, 0.15) is 0 Å². The van der Waals surface area contributed by atoms with Gasteiger partial charge in [-0.15, -0.1) is 0 Å². The molecule has 0 heterocycles. The van der Waals surface area contributed by atoms with E-state index in [1.807, 2.05) is 0 Å². The van der Waals surface area contributed by atoms with Crippen molar-refractivity contribution in [2.45, 2.75) is 20.3 Å². The lowest BCUT2D eigenvalue weighted by atomic mass is 9.98. The molecule has 0 aromatic heterocycles. The van der Waals surface area contributed by atoms with E-state index in [4.69, 9.17) is 0 Å². The van der Waals surface area contributed by atoms with E-state index < -0.39 is 0 Å². The summed E-state index contributed by atoms with van der Waals surface area (Å²) >= 11 is 0. The van der Waals surface area contributed by atoms with Crippen LogP contribution in [-0.2, 0) is 0 Å². The first-order valence-corrected chi connectivity index (χ1v) is 5.46. The third-order valence-corrected chi connectivity index (χ3v) is 2.73. The van der Waals surface area contributed by atoms with Crippen LogP contribution in [0.3, 0.4) is 0 Å². The summed E-state index contributed by atoms with van der Waals surface area (Å²) in [5.74, 6) is 0. The van der Waals surface area contributed by atoms with E-state index in [1.54, 1.807) is 0 Å². The molecule has 0 aliphatic heterocycles. The summed E-state index contributed by atoms with van der Waals surface area (Å²) in [6, 6.07) is 10.6. The fourth-order valence-electron chi connectivity index (χ4n) is 1.96. The first-order chi connectivity index (χ1) is 7.31. The molecule has 0 saturated heterocycles. The van der Waals surface area contributed by atoms with Gasteiger partial charge in [-0.3, -0.25) is 0 Å². The van der Waals surface area contributed by atoms with Crippen LogP contribution < -0.4 is 0 Å². The fourth-order valence-corrected chi connectivity index (χ4v) is 1.96. The first-order valence-electron chi connectivity index (χ1n) is 5.46. The van der Waals surface area contributed by atoms with Crippen molar-refractivity contribution in [3.8, 4) is 0 Å². The quantitative estimate of drug-likeness (QED) is 0.659. The maximum absolute atomic E-state index is 2.26. The zero-order chi connectivity index (χ0) is 10.7. The molecule has 0 nitrogen and oxygen atoms in total. The highest BCUT2D eigenvalue weighted by atomic mass is 14.1. The van der Waals surface area contributed by atoms with E-state index >= 15 is 0 Å². The molecule has 0 atom stereocenters. The van der Waals surface area contributed by atoms with E-state index in [2.05, 4.69) is 62.4 Å². The Morgan fingerprint density at radius 1 is 1.07 bits per heavy atom. The van der Waals surface area contributed by atoms with Crippen molar-refractivity contribution in [3.05, 3.63) is 65.3 Å². The summed E-state index contributed by atoms with van der Waals surface area (Å²) in [6.07, 6.45) is 7.72. The summed E-state index contributed by atoms with van der Waals surface area (Å²) in [7, 11) is 0. The molecule has 0 saturated carbocycles. The average molecular weight is 196 g/mol. The maximum Gasteiger partial charge on any atom is -0.0216 e. The zero-order valence-corrected chi connectivity index (χ0v) is 9.33. The molecule has 15 heavy (non-hydrogen) atoms. The monoisotopic (exact) mass is 196 g/mol. The third-order valence-electron chi connectivity index (χ3n) is 2.73. The largest absolute Gasteiger partial charge is 0.0622 e. The second-order valence-electron chi connectivity index (χ2n) is 3.88. The van der Waals surface area contributed by atoms with Gasteiger partial charge in [-0.25, -0.2) is 0 Å². The van der Waals surface area contributed by atoms with Gasteiger partial charge in [-0.2, -0.15) is 0 Å². The van der Waals surface area contributed by atoms with Crippen molar-refractivity contribution in [3.63, 3.8) is 0 Å². The number of allylic oxidation sites excluding steroid dienone is 6. The normalized spacial score (nSPS) is 17.9. The van der Waals surface area contributed by atoms with Crippen LogP contribution >= 0.6 is 0 Å². The van der Waals surface area contributed by atoms with Crippen LogP contribution in [0.25, 0.3) is 5.57 Å². The Labute approximate surface area is 91.6 Å². The Balaban J connectivity index is 2.46. The minimum absolute atomic E-state index is 1.08. The van der Waals surface area contributed by atoms with Gasteiger partial charge < -0.3 is 0 Å². The van der Waals surface area contributed by atoms with Crippen LogP contribution in [0.1, 0.15) is 25.8 Å². The average Bonchev–Trinajstić information content (AvgIpc) is 2.68. The van der Waals surface area contributed by atoms with E-state index in [9.17, 15) is 0 Å². The van der Waals surface area contributed by atoms with Gasteiger partial charge in [-0.1, -0.05) is 61.1 Å². The van der Waals surface area contributed by atoms with Crippen LogP contribution in [0.15, 0.2) is 59.7 Å². The van der Waals surface area contributed by atoms with Crippen LogP contribution in [-0.4, -0.2) is 0 Å². The van der Waals surface area contributed by atoms with Gasteiger partial charge in [0.2, 0.25) is 0 Å². The molecule has 0 bridgehead atoms. The lowest BCUT2D eigenvalue weighted by Gasteiger charge is -2.07. The van der Waals surface area contributed by atoms with Gasteiger partial charge in [0.15, 0.2) is 0 Å². The van der Waals surface area contributed by atoms with Gasteiger partial charge in [-0.05, 0) is 30.1 Å². The molecule has 0 unspecified atom stereocenters. The number of hydrogen-bond acceptors (Lipinski definition) is 0. The lowest BCUT2D eigenvalue weighted by molar-refractivity contribution is 1.23. The summed E-state index contributed by atoms with van der Waals surface area (Å²) in [5, 5.41) is 0. The molecule has 2 rings (SSSR count). The van der Waals surface area contributed by atoms with Crippen molar-refractivity contribution in [2.75, 3.05) is 0 Å². The smallest absolute Gasteiger partial charge is 0.0216 e. The van der Waals surface area contributed by atoms with Gasteiger partial charge in [0, 0.05) is 0 Å². The second-order valence-corrected chi connectivity index (χ2v) is 3.88. The Kier molecular flexibility index (Phi) is 2.86. The van der Waals surface area contributed by atoms with Crippen molar-refractivity contribution in [1.82, 2.24) is 0 Å². The van der Waals surface area contributed by atoms with Gasteiger partial charge >= 0.3 is 0 Å². The maximum atomic E-state index is 2.26. The molecule has 76 valence electrons. The topological polar surface area (TPSA) is 0 Å². The van der Waals surface area contributed by atoms with Crippen LogP contribution in [0.4, 0.5) is 0 Å². The van der Waals surface area contributed by atoms with E-state index in [0.717, 1.165) is 6.42 Å². The van der Waals surface area contributed by atoms with Crippen LogP contribution in [0, 0.1) is 0 Å². The van der Waals surface area contributed by atoms with Crippen LogP contribution in [0.2, 0.25) is 0 Å². The highest BCUT2D eigenvalue weighted by Crippen LogP contribution is 2.27. The molecule has 1 aliphatic carbocycles. The summed E-state index contributed by atoms with van der Waals surface area (Å²) in [5.41, 5.74) is 5.47. The summed E-state index contributed by atoms with van der Waals surface area (Å²) in [4.78, 5) is 0. The standard InChI is InChI=1S/C15H16/c1-3-15(13-7-5-4-6-8-13)14-10-9-12(2)11-14/h4-11H,3H2,1-2H3. The summed E-state index contributed by atoms with van der Waals surface area (Å²) < 4.78 is 0. The fraction of sp³-hybridized carbons (Fsp3) is 0.200. The molecule has 0 radical (unpaired) electrons. The van der Waals surface area contributed by atoms with Crippen molar-refractivity contribution >= 4 is 5.57 Å². The molecule has 0 spiro atoms. The van der Waals surface area contributed by atoms with E-state index in [1.165, 1.54) is 22.3 Å². The third kappa shape index (κ3) is 2.10. The zero-order valence-electron chi connectivity index (χ0n) is 9.33. The molecular formula is C15H16. The molecule has 1 aromatic rings. The SMILES string of the molecule is CCC(=C1C=CC(C)=C1)c1ccccc1. The molecule has 1 aromatic carbocycles. The van der Waals surface area contributed by atoms with E-state index in [0.29, 0.717) is 0 Å². The summed E-state index contributed by atoms with van der Waals surface area (Å²) in [6.45, 7) is 4.35. The second kappa shape index (κ2) is 4.31. The minimum atomic E-state index is 1.08. The first kappa shape index (κ1) is 9.97. The van der Waals surface area contributed by atoms with Gasteiger partial charge in [0.05, 0.1) is 0 Å².